The fourth-order valence-corrected chi connectivity index (χ4v) is 1.40. The normalized spacial score (nSPS) is 10.7. The second-order valence-corrected chi connectivity index (χ2v) is 3.65. The van der Waals surface area contributed by atoms with Crippen LogP contribution in [0.25, 0.3) is 12.3 Å². The van der Waals surface area contributed by atoms with Crippen molar-refractivity contribution in [2.45, 2.75) is 0 Å². The Bertz CT molecular complexity index is 574. The first-order valence-electron chi connectivity index (χ1n) is 5.25. The maximum absolute atomic E-state index is 10.9. The van der Waals surface area contributed by atoms with Crippen molar-refractivity contribution < 1.29 is 14.6 Å². The molecular weight excluding hydrogens is 232 g/mol. The molecule has 90 valence electrons. The summed E-state index contributed by atoms with van der Waals surface area (Å²) in [6, 6.07) is 9.24. The second kappa shape index (κ2) is 5.09. The summed E-state index contributed by atoms with van der Waals surface area (Å²) in [7, 11) is 0. The van der Waals surface area contributed by atoms with Crippen molar-refractivity contribution in [3.05, 3.63) is 64.5 Å². The molecule has 0 aliphatic carbocycles. The number of nitro groups is 1. The molecule has 0 spiro atoms. The predicted octanol–water partition coefficient (Wildman–Crippen LogP) is 1.58. The van der Waals surface area contributed by atoms with Crippen LogP contribution in [0.5, 0.6) is 5.75 Å². The third-order valence-electron chi connectivity index (χ3n) is 2.36. The maximum atomic E-state index is 10.9. The van der Waals surface area contributed by atoms with Gasteiger partial charge in [0.1, 0.15) is 0 Å². The number of hydrogen-bond acceptors (Lipinski definition) is 3. The molecule has 0 aliphatic rings. The van der Waals surface area contributed by atoms with E-state index in [1.54, 1.807) is 35.3 Å². The molecule has 0 amide bonds. The summed E-state index contributed by atoms with van der Waals surface area (Å²) in [6.45, 7) is 0. The highest BCUT2D eigenvalue weighted by Gasteiger charge is 2.06. The highest BCUT2D eigenvalue weighted by atomic mass is 16.6. The second-order valence-electron chi connectivity index (χ2n) is 3.65. The van der Waals surface area contributed by atoms with E-state index >= 15 is 0 Å². The molecule has 0 saturated heterocycles. The lowest BCUT2D eigenvalue weighted by molar-refractivity contribution is -0.568. The van der Waals surface area contributed by atoms with Gasteiger partial charge in [0.05, 0.1) is 17.1 Å². The lowest BCUT2D eigenvalue weighted by atomic mass is 10.2. The number of pyridine rings is 1. The van der Waals surface area contributed by atoms with Gasteiger partial charge in [-0.2, -0.15) is 4.57 Å². The minimum atomic E-state index is -0.443. The molecule has 2 rings (SSSR count). The first-order valence-corrected chi connectivity index (χ1v) is 5.25. The summed E-state index contributed by atoms with van der Waals surface area (Å²) >= 11 is 0. The van der Waals surface area contributed by atoms with Crippen molar-refractivity contribution in [2.75, 3.05) is 0 Å². The zero-order chi connectivity index (χ0) is 13.0. The van der Waals surface area contributed by atoms with Gasteiger partial charge >= 0.3 is 0 Å². The van der Waals surface area contributed by atoms with Crippen molar-refractivity contribution >= 4 is 18.0 Å². The van der Waals surface area contributed by atoms with Gasteiger partial charge in [0.15, 0.2) is 18.6 Å². The van der Waals surface area contributed by atoms with Crippen LogP contribution in [0.15, 0.2) is 48.8 Å². The number of aromatic nitrogens is 1. The van der Waals surface area contributed by atoms with Crippen LogP contribution in [0.4, 0.5) is 5.69 Å². The highest BCUT2D eigenvalue weighted by molar-refractivity contribution is 5.57. The Kier molecular flexibility index (Phi) is 3.33. The third-order valence-corrected chi connectivity index (χ3v) is 2.36. The summed E-state index contributed by atoms with van der Waals surface area (Å²) < 4.78 is 1.69. The Hall–Kier alpha value is -2.69. The van der Waals surface area contributed by atoms with Crippen LogP contribution in [-0.2, 0) is 0 Å². The molecule has 0 fully saturated rings. The Morgan fingerprint density at radius 1 is 1.06 bits per heavy atom. The van der Waals surface area contributed by atoms with Crippen molar-refractivity contribution in [1.82, 2.24) is 0 Å². The third kappa shape index (κ3) is 2.91. The standard InChI is InChI=1S/C13H10N2O3/c16-13-3-1-11(2-4-13)5-8-14-9-6-12(7-10-14)15(17)18/h1-10H/b8-5+. The van der Waals surface area contributed by atoms with Crippen LogP contribution in [0, 0.1) is 10.1 Å². The number of rotatable bonds is 3. The average Bonchev–Trinajstić information content (AvgIpc) is 2.38. The van der Waals surface area contributed by atoms with E-state index in [1.807, 2.05) is 6.08 Å². The molecule has 0 aliphatic heterocycles. The molecule has 0 N–H and O–H groups in total. The largest absolute Gasteiger partial charge is 0.872 e. The van der Waals surface area contributed by atoms with E-state index in [-0.39, 0.29) is 11.4 Å². The van der Waals surface area contributed by atoms with Gasteiger partial charge in [0, 0.05) is 6.08 Å². The van der Waals surface area contributed by atoms with E-state index in [0.29, 0.717) is 0 Å². The molecular formula is C13H10N2O3. The monoisotopic (exact) mass is 242 g/mol. The topological polar surface area (TPSA) is 70.1 Å². The zero-order valence-corrected chi connectivity index (χ0v) is 9.39. The molecule has 0 unspecified atom stereocenters. The summed E-state index contributed by atoms with van der Waals surface area (Å²) in [4.78, 5) is 10.0. The number of benzene rings is 1. The van der Waals surface area contributed by atoms with Crippen LogP contribution < -0.4 is 9.67 Å². The fraction of sp³-hybridized carbons (Fsp3) is 0. The van der Waals surface area contributed by atoms with Crippen molar-refractivity contribution in [1.29, 1.82) is 0 Å². The molecule has 1 aromatic carbocycles. The van der Waals surface area contributed by atoms with E-state index in [0.717, 1.165) is 5.56 Å². The molecule has 1 heterocycles. The zero-order valence-electron chi connectivity index (χ0n) is 9.39. The molecule has 18 heavy (non-hydrogen) atoms. The van der Waals surface area contributed by atoms with Crippen molar-refractivity contribution in [3.8, 4) is 5.75 Å². The van der Waals surface area contributed by atoms with Crippen LogP contribution >= 0.6 is 0 Å². The molecule has 0 atom stereocenters. The first-order chi connectivity index (χ1) is 8.65. The Labute approximate surface area is 103 Å². The van der Waals surface area contributed by atoms with Gasteiger partial charge in [-0.15, -0.1) is 5.75 Å². The highest BCUT2D eigenvalue weighted by Crippen LogP contribution is 2.08. The molecule has 0 bridgehead atoms. The van der Waals surface area contributed by atoms with Crippen LogP contribution in [0.1, 0.15) is 5.56 Å². The summed E-state index contributed by atoms with van der Waals surface area (Å²) in [6.07, 6.45) is 6.75. The molecule has 1 aromatic heterocycles. The van der Waals surface area contributed by atoms with E-state index in [4.69, 9.17) is 0 Å². The quantitative estimate of drug-likeness (QED) is 0.466. The van der Waals surface area contributed by atoms with Crippen molar-refractivity contribution in [3.63, 3.8) is 0 Å². The lowest BCUT2D eigenvalue weighted by Gasteiger charge is -2.02. The van der Waals surface area contributed by atoms with E-state index in [1.165, 1.54) is 24.3 Å². The van der Waals surface area contributed by atoms with Gasteiger partial charge in [-0.1, -0.05) is 24.3 Å². The maximum Gasteiger partial charge on any atom is 0.281 e. The van der Waals surface area contributed by atoms with Crippen LogP contribution in [-0.4, -0.2) is 4.92 Å². The lowest BCUT2D eigenvalue weighted by Crippen LogP contribution is -2.23. The molecule has 2 aromatic rings. The molecule has 5 nitrogen and oxygen atoms in total. The number of hydrogen-bond donors (Lipinski definition) is 0. The molecule has 0 radical (unpaired) electrons. The summed E-state index contributed by atoms with van der Waals surface area (Å²) in [5, 5.41) is 21.4. The van der Waals surface area contributed by atoms with Gasteiger partial charge in [-0.05, 0) is 5.56 Å². The molecule has 0 saturated carbocycles. The van der Waals surface area contributed by atoms with Gasteiger partial charge in [0.25, 0.3) is 5.69 Å². The Morgan fingerprint density at radius 3 is 2.22 bits per heavy atom. The van der Waals surface area contributed by atoms with Gasteiger partial charge < -0.3 is 5.11 Å². The average molecular weight is 242 g/mol. The fourth-order valence-electron chi connectivity index (χ4n) is 1.40. The smallest absolute Gasteiger partial charge is 0.281 e. The summed E-state index contributed by atoms with van der Waals surface area (Å²) in [5.41, 5.74) is 0.941. The van der Waals surface area contributed by atoms with Gasteiger partial charge in [0.2, 0.25) is 0 Å². The minimum Gasteiger partial charge on any atom is -0.872 e. The molecule has 5 heteroatoms. The predicted molar refractivity (Wildman–Crippen MR) is 64.4 cm³/mol. The Balaban J connectivity index is 2.13. The van der Waals surface area contributed by atoms with E-state index in [2.05, 4.69) is 0 Å². The van der Waals surface area contributed by atoms with Gasteiger partial charge in [-0.25, -0.2) is 0 Å². The number of nitrogens with zero attached hydrogens (tertiary/aromatic N) is 2. The minimum absolute atomic E-state index is 0.0323. The van der Waals surface area contributed by atoms with Crippen LogP contribution in [0.3, 0.4) is 0 Å². The van der Waals surface area contributed by atoms with E-state index in [9.17, 15) is 15.2 Å². The summed E-state index contributed by atoms with van der Waals surface area (Å²) in [5.74, 6) is -0.0323. The first kappa shape index (κ1) is 11.8. The SMILES string of the molecule is O=[N+]([O-])c1cc[n+](/C=C/c2ccc([O-])cc2)cc1. The van der Waals surface area contributed by atoms with Gasteiger partial charge in [-0.3, -0.25) is 10.1 Å². The van der Waals surface area contributed by atoms with Crippen LogP contribution in [0.2, 0.25) is 0 Å². The Morgan fingerprint density at radius 2 is 1.67 bits per heavy atom. The van der Waals surface area contributed by atoms with Crippen molar-refractivity contribution in [2.24, 2.45) is 0 Å². The van der Waals surface area contributed by atoms with E-state index < -0.39 is 4.92 Å².